The smallest absolute Gasteiger partial charge is 0.255 e. The first kappa shape index (κ1) is 13.4. The molecule has 5 nitrogen and oxygen atoms in total. The highest BCUT2D eigenvalue weighted by atomic mass is 16.5. The summed E-state index contributed by atoms with van der Waals surface area (Å²) in [6.45, 7) is 6.74. The van der Waals surface area contributed by atoms with Crippen molar-refractivity contribution >= 4 is 11.6 Å². The van der Waals surface area contributed by atoms with Gasteiger partial charge in [-0.1, -0.05) is 0 Å². The van der Waals surface area contributed by atoms with Gasteiger partial charge < -0.3 is 15.8 Å². The number of anilines is 1. The van der Waals surface area contributed by atoms with Gasteiger partial charge >= 0.3 is 0 Å². The maximum Gasteiger partial charge on any atom is 0.255 e. The van der Waals surface area contributed by atoms with Crippen molar-refractivity contribution < 1.29 is 9.53 Å². The summed E-state index contributed by atoms with van der Waals surface area (Å²) in [5.41, 5.74) is 7.39. The van der Waals surface area contributed by atoms with Crippen LogP contribution in [0.4, 0.5) is 5.69 Å². The molecule has 1 amide bonds. The molecule has 0 aliphatic carbocycles. The van der Waals surface area contributed by atoms with Gasteiger partial charge in [0.15, 0.2) is 0 Å². The van der Waals surface area contributed by atoms with E-state index in [4.69, 9.17) is 10.5 Å². The van der Waals surface area contributed by atoms with Crippen molar-refractivity contribution in [1.82, 2.24) is 10.3 Å². The lowest BCUT2D eigenvalue weighted by atomic mass is 10.2. The van der Waals surface area contributed by atoms with Crippen LogP contribution in [0.2, 0.25) is 0 Å². The van der Waals surface area contributed by atoms with E-state index in [0.717, 1.165) is 5.69 Å². The largest absolute Gasteiger partial charge is 0.398 e. The van der Waals surface area contributed by atoms with Gasteiger partial charge in [0, 0.05) is 30.7 Å². The van der Waals surface area contributed by atoms with E-state index >= 15 is 0 Å². The Morgan fingerprint density at radius 2 is 2.35 bits per heavy atom. The Kier molecular flexibility index (Phi) is 4.90. The van der Waals surface area contributed by atoms with E-state index in [1.54, 1.807) is 6.07 Å². The molecule has 1 unspecified atom stereocenters. The Morgan fingerprint density at radius 1 is 1.65 bits per heavy atom. The zero-order chi connectivity index (χ0) is 12.8. The Hall–Kier alpha value is -1.62. The molecule has 0 aromatic carbocycles. The summed E-state index contributed by atoms with van der Waals surface area (Å²) in [7, 11) is 0. The lowest BCUT2D eigenvalue weighted by Crippen LogP contribution is -2.32. The number of carbonyl (C=O) groups excluding carboxylic acids is 1. The van der Waals surface area contributed by atoms with Crippen LogP contribution >= 0.6 is 0 Å². The Morgan fingerprint density at radius 3 is 2.94 bits per heavy atom. The summed E-state index contributed by atoms with van der Waals surface area (Å²) in [5.74, 6) is -0.221. The maximum atomic E-state index is 11.8. The first-order chi connectivity index (χ1) is 8.04. The SMILES string of the molecule is CCOC(C)CNC(=O)c1cnc(C)cc1N. The minimum Gasteiger partial charge on any atom is -0.398 e. The summed E-state index contributed by atoms with van der Waals surface area (Å²) in [6, 6.07) is 1.68. The van der Waals surface area contributed by atoms with Gasteiger partial charge in [-0.2, -0.15) is 0 Å². The average molecular weight is 237 g/mol. The van der Waals surface area contributed by atoms with Gasteiger partial charge in [0.05, 0.1) is 11.7 Å². The number of nitrogens with two attached hydrogens (primary N) is 1. The van der Waals surface area contributed by atoms with E-state index in [-0.39, 0.29) is 12.0 Å². The van der Waals surface area contributed by atoms with Crippen molar-refractivity contribution in [2.24, 2.45) is 0 Å². The molecule has 1 rings (SSSR count). The fraction of sp³-hybridized carbons (Fsp3) is 0.500. The zero-order valence-corrected chi connectivity index (χ0v) is 10.5. The third kappa shape index (κ3) is 4.03. The molecule has 17 heavy (non-hydrogen) atoms. The lowest BCUT2D eigenvalue weighted by molar-refractivity contribution is 0.0695. The minimum atomic E-state index is -0.221. The lowest BCUT2D eigenvalue weighted by Gasteiger charge is -2.13. The number of hydrogen-bond acceptors (Lipinski definition) is 4. The van der Waals surface area contributed by atoms with Gasteiger partial charge in [0.25, 0.3) is 5.91 Å². The summed E-state index contributed by atoms with van der Waals surface area (Å²) in [4.78, 5) is 15.9. The van der Waals surface area contributed by atoms with Crippen LogP contribution in [0.1, 0.15) is 29.9 Å². The molecule has 0 bridgehead atoms. The van der Waals surface area contributed by atoms with Crippen molar-refractivity contribution in [2.75, 3.05) is 18.9 Å². The average Bonchev–Trinajstić information content (AvgIpc) is 2.26. The second-order valence-electron chi connectivity index (χ2n) is 3.89. The first-order valence-corrected chi connectivity index (χ1v) is 5.66. The normalized spacial score (nSPS) is 12.2. The minimum absolute atomic E-state index is 0.0106. The number of pyridine rings is 1. The molecule has 1 atom stereocenters. The number of nitrogens with one attached hydrogen (secondary N) is 1. The van der Waals surface area contributed by atoms with Gasteiger partial charge in [-0.25, -0.2) is 0 Å². The Labute approximate surface area is 101 Å². The molecule has 1 aromatic heterocycles. The van der Waals surface area contributed by atoms with Crippen LogP contribution in [0.3, 0.4) is 0 Å². The molecule has 1 heterocycles. The number of amides is 1. The standard InChI is InChI=1S/C12H19N3O2/c1-4-17-9(3)6-15-12(16)10-7-14-8(2)5-11(10)13/h5,7,9H,4,6H2,1-3H3,(H2,13,14)(H,15,16). The Balaban J connectivity index is 2.58. The molecule has 0 saturated carbocycles. The predicted molar refractivity (Wildman–Crippen MR) is 66.8 cm³/mol. The van der Waals surface area contributed by atoms with E-state index in [0.29, 0.717) is 24.4 Å². The van der Waals surface area contributed by atoms with Crippen LogP contribution in [-0.2, 0) is 4.74 Å². The van der Waals surface area contributed by atoms with Gasteiger partial charge in [-0.05, 0) is 26.8 Å². The zero-order valence-electron chi connectivity index (χ0n) is 10.5. The topological polar surface area (TPSA) is 77.2 Å². The summed E-state index contributed by atoms with van der Waals surface area (Å²) < 4.78 is 5.32. The third-order valence-electron chi connectivity index (χ3n) is 2.32. The van der Waals surface area contributed by atoms with Gasteiger partial charge in [0.2, 0.25) is 0 Å². The van der Waals surface area contributed by atoms with Crippen molar-refractivity contribution in [3.63, 3.8) is 0 Å². The third-order valence-corrected chi connectivity index (χ3v) is 2.32. The van der Waals surface area contributed by atoms with Crippen molar-refractivity contribution in [2.45, 2.75) is 26.9 Å². The quantitative estimate of drug-likeness (QED) is 0.804. The van der Waals surface area contributed by atoms with Crippen LogP contribution < -0.4 is 11.1 Å². The van der Waals surface area contributed by atoms with E-state index in [1.807, 2.05) is 20.8 Å². The number of carbonyl (C=O) groups is 1. The molecule has 0 aliphatic heterocycles. The van der Waals surface area contributed by atoms with Crippen LogP contribution in [-0.4, -0.2) is 30.1 Å². The number of ether oxygens (including phenoxy) is 1. The van der Waals surface area contributed by atoms with Crippen LogP contribution in [0, 0.1) is 6.92 Å². The van der Waals surface area contributed by atoms with Gasteiger partial charge in [-0.3, -0.25) is 9.78 Å². The van der Waals surface area contributed by atoms with Gasteiger partial charge in [-0.15, -0.1) is 0 Å². The van der Waals surface area contributed by atoms with Gasteiger partial charge in [0.1, 0.15) is 0 Å². The maximum absolute atomic E-state index is 11.8. The molecule has 0 aliphatic rings. The van der Waals surface area contributed by atoms with Crippen molar-refractivity contribution in [1.29, 1.82) is 0 Å². The molecule has 5 heteroatoms. The van der Waals surface area contributed by atoms with Crippen LogP contribution in [0.5, 0.6) is 0 Å². The van der Waals surface area contributed by atoms with Crippen LogP contribution in [0.15, 0.2) is 12.3 Å². The molecular weight excluding hydrogens is 218 g/mol. The Bertz CT molecular complexity index is 393. The highest BCUT2D eigenvalue weighted by molar-refractivity contribution is 5.98. The number of hydrogen-bond donors (Lipinski definition) is 2. The number of aromatic nitrogens is 1. The second kappa shape index (κ2) is 6.20. The molecule has 94 valence electrons. The number of nitrogens with zero attached hydrogens (tertiary/aromatic N) is 1. The van der Waals surface area contributed by atoms with Crippen molar-refractivity contribution in [3.05, 3.63) is 23.5 Å². The number of nitrogen functional groups attached to an aromatic ring is 1. The highest BCUT2D eigenvalue weighted by Gasteiger charge is 2.11. The molecule has 0 fully saturated rings. The molecule has 0 spiro atoms. The second-order valence-corrected chi connectivity index (χ2v) is 3.89. The fourth-order valence-corrected chi connectivity index (χ4v) is 1.45. The number of rotatable bonds is 5. The first-order valence-electron chi connectivity index (χ1n) is 5.66. The molecule has 1 aromatic rings. The van der Waals surface area contributed by atoms with E-state index < -0.39 is 0 Å². The van der Waals surface area contributed by atoms with E-state index in [2.05, 4.69) is 10.3 Å². The van der Waals surface area contributed by atoms with Crippen molar-refractivity contribution in [3.8, 4) is 0 Å². The van der Waals surface area contributed by atoms with Crippen LogP contribution in [0.25, 0.3) is 0 Å². The fourth-order valence-electron chi connectivity index (χ4n) is 1.45. The highest BCUT2D eigenvalue weighted by Crippen LogP contribution is 2.10. The summed E-state index contributed by atoms with van der Waals surface area (Å²) >= 11 is 0. The molecule has 0 saturated heterocycles. The molecule has 0 radical (unpaired) electrons. The predicted octanol–water partition coefficient (Wildman–Crippen LogP) is 1.13. The summed E-state index contributed by atoms with van der Waals surface area (Å²) in [5, 5.41) is 2.76. The van der Waals surface area contributed by atoms with E-state index in [9.17, 15) is 4.79 Å². The molecular formula is C12H19N3O2. The number of aryl methyl sites for hydroxylation is 1. The van der Waals surface area contributed by atoms with E-state index in [1.165, 1.54) is 6.20 Å². The monoisotopic (exact) mass is 237 g/mol. The molecule has 3 N–H and O–H groups in total. The summed E-state index contributed by atoms with van der Waals surface area (Å²) in [6.07, 6.45) is 1.48.